The minimum absolute atomic E-state index is 0.102. The Morgan fingerprint density at radius 3 is 2.43 bits per heavy atom. The molecule has 2 heteroatoms. The van der Waals surface area contributed by atoms with Crippen molar-refractivity contribution in [3.63, 3.8) is 0 Å². The molecule has 0 N–H and O–H groups in total. The molecule has 1 heterocycles. The van der Waals surface area contributed by atoms with E-state index >= 15 is 0 Å². The minimum atomic E-state index is 0.102. The SMILES string of the molecule is CC(C)(C)N1CC2(CC=C(F)CC2)C1. The molecule has 0 aromatic heterocycles. The van der Waals surface area contributed by atoms with E-state index < -0.39 is 0 Å². The molecule has 0 saturated carbocycles. The molecule has 0 amide bonds. The third kappa shape index (κ3) is 1.72. The van der Waals surface area contributed by atoms with Crippen molar-refractivity contribution in [1.82, 2.24) is 4.90 Å². The monoisotopic (exact) mass is 197 g/mol. The van der Waals surface area contributed by atoms with E-state index in [4.69, 9.17) is 0 Å². The smallest absolute Gasteiger partial charge is 0.0960 e. The Morgan fingerprint density at radius 2 is 2.00 bits per heavy atom. The van der Waals surface area contributed by atoms with Gasteiger partial charge in [-0.25, -0.2) is 4.39 Å². The predicted octanol–water partition coefficient (Wildman–Crippen LogP) is 3.12. The Labute approximate surface area is 86.0 Å². The van der Waals surface area contributed by atoms with Crippen molar-refractivity contribution in [2.45, 2.75) is 45.6 Å². The van der Waals surface area contributed by atoms with Gasteiger partial charge in [0.05, 0.1) is 5.83 Å². The molecule has 0 radical (unpaired) electrons. The zero-order valence-corrected chi connectivity index (χ0v) is 9.44. The van der Waals surface area contributed by atoms with Crippen LogP contribution in [0, 0.1) is 5.41 Å². The lowest BCUT2D eigenvalue weighted by molar-refractivity contribution is -0.0654. The normalized spacial score (nSPS) is 27.3. The van der Waals surface area contributed by atoms with Gasteiger partial charge in [-0.1, -0.05) is 6.08 Å². The van der Waals surface area contributed by atoms with Crippen LogP contribution in [0.1, 0.15) is 40.0 Å². The van der Waals surface area contributed by atoms with Crippen LogP contribution >= 0.6 is 0 Å². The topological polar surface area (TPSA) is 3.24 Å². The van der Waals surface area contributed by atoms with Gasteiger partial charge in [0.1, 0.15) is 0 Å². The fourth-order valence-electron chi connectivity index (χ4n) is 2.44. The van der Waals surface area contributed by atoms with Crippen LogP contribution in [0.25, 0.3) is 0 Å². The number of halogens is 1. The number of hydrogen-bond donors (Lipinski definition) is 0. The highest BCUT2D eigenvalue weighted by Gasteiger charge is 2.46. The quantitative estimate of drug-likeness (QED) is 0.576. The first kappa shape index (κ1) is 10.2. The second kappa shape index (κ2) is 3.06. The molecule has 2 rings (SSSR count). The Kier molecular flexibility index (Phi) is 2.22. The summed E-state index contributed by atoms with van der Waals surface area (Å²) in [4.78, 5) is 2.49. The summed E-state index contributed by atoms with van der Waals surface area (Å²) in [7, 11) is 0. The molecule has 1 aliphatic heterocycles. The van der Waals surface area contributed by atoms with Crippen LogP contribution in [0.2, 0.25) is 0 Å². The van der Waals surface area contributed by atoms with E-state index in [1.807, 2.05) is 0 Å². The van der Waals surface area contributed by atoms with Crippen LogP contribution in [-0.4, -0.2) is 23.5 Å². The molecule has 0 atom stereocenters. The maximum absolute atomic E-state index is 12.9. The minimum Gasteiger partial charge on any atom is -0.297 e. The molecule has 0 aromatic carbocycles. The van der Waals surface area contributed by atoms with E-state index in [9.17, 15) is 4.39 Å². The zero-order valence-electron chi connectivity index (χ0n) is 9.44. The second-order valence-electron chi connectivity index (χ2n) is 5.88. The highest BCUT2D eigenvalue weighted by molar-refractivity contribution is 5.10. The molecule has 0 aromatic rings. The Morgan fingerprint density at radius 1 is 1.36 bits per heavy atom. The van der Waals surface area contributed by atoms with Crippen molar-refractivity contribution in [1.29, 1.82) is 0 Å². The molecule has 1 spiro atoms. The first-order chi connectivity index (χ1) is 6.41. The lowest BCUT2D eigenvalue weighted by Gasteiger charge is -2.56. The van der Waals surface area contributed by atoms with E-state index in [-0.39, 0.29) is 11.4 Å². The van der Waals surface area contributed by atoms with Crippen molar-refractivity contribution in [3.8, 4) is 0 Å². The fourth-order valence-corrected chi connectivity index (χ4v) is 2.44. The Bertz CT molecular complexity index is 256. The summed E-state index contributed by atoms with van der Waals surface area (Å²) < 4.78 is 12.9. The maximum Gasteiger partial charge on any atom is 0.0960 e. The lowest BCUT2D eigenvalue weighted by Crippen LogP contribution is -2.62. The zero-order chi connectivity index (χ0) is 10.4. The Hall–Kier alpha value is -0.370. The van der Waals surface area contributed by atoms with E-state index in [0.29, 0.717) is 11.8 Å². The van der Waals surface area contributed by atoms with E-state index in [1.54, 1.807) is 6.08 Å². The number of allylic oxidation sites excluding steroid dienone is 2. The summed E-state index contributed by atoms with van der Waals surface area (Å²) in [5.41, 5.74) is 0.702. The van der Waals surface area contributed by atoms with Gasteiger partial charge in [0, 0.05) is 18.6 Å². The van der Waals surface area contributed by atoms with Crippen molar-refractivity contribution in [3.05, 3.63) is 11.9 Å². The molecular formula is C12H20FN. The van der Waals surface area contributed by atoms with Crippen LogP contribution < -0.4 is 0 Å². The molecule has 0 unspecified atom stereocenters. The molecule has 80 valence electrons. The van der Waals surface area contributed by atoms with E-state index in [2.05, 4.69) is 25.7 Å². The third-order valence-electron chi connectivity index (χ3n) is 3.65. The van der Waals surface area contributed by atoms with Gasteiger partial charge in [0.2, 0.25) is 0 Å². The van der Waals surface area contributed by atoms with Gasteiger partial charge in [-0.15, -0.1) is 0 Å². The summed E-state index contributed by atoms with van der Waals surface area (Å²) in [5.74, 6) is 0.102. The average molecular weight is 197 g/mol. The average Bonchev–Trinajstić information content (AvgIpc) is 2.00. The maximum atomic E-state index is 12.9. The molecule has 14 heavy (non-hydrogen) atoms. The molecule has 1 nitrogen and oxygen atoms in total. The van der Waals surface area contributed by atoms with Crippen molar-refractivity contribution in [2.24, 2.45) is 5.41 Å². The molecular weight excluding hydrogens is 177 g/mol. The Balaban J connectivity index is 1.94. The summed E-state index contributed by atoms with van der Waals surface area (Å²) in [6.07, 6.45) is 4.45. The van der Waals surface area contributed by atoms with Crippen LogP contribution in [-0.2, 0) is 0 Å². The van der Waals surface area contributed by atoms with E-state index in [0.717, 1.165) is 25.9 Å². The van der Waals surface area contributed by atoms with Gasteiger partial charge in [0.25, 0.3) is 0 Å². The number of rotatable bonds is 0. The van der Waals surface area contributed by atoms with Gasteiger partial charge in [-0.05, 0) is 45.4 Å². The van der Waals surface area contributed by atoms with Gasteiger partial charge < -0.3 is 0 Å². The van der Waals surface area contributed by atoms with Gasteiger partial charge >= 0.3 is 0 Å². The van der Waals surface area contributed by atoms with Crippen LogP contribution in [0.4, 0.5) is 4.39 Å². The molecule has 1 saturated heterocycles. The van der Waals surface area contributed by atoms with Crippen LogP contribution in [0.3, 0.4) is 0 Å². The largest absolute Gasteiger partial charge is 0.297 e. The lowest BCUT2D eigenvalue weighted by atomic mass is 9.69. The summed E-state index contributed by atoms with van der Waals surface area (Å²) in [6.45, 7) is 9.05. The van der Waals surface area contributed by atoms with E-state index in [1.165, 1.54) is 0 Å². The molecule has 2 aliphatic rings. The number of nitrogens with zero attached hydrogens (tertiary/aromatic N) is 1. The highest BCUT2D eigenvalue weighted by atomic mass is 19.1. The predicted molar refractivity (Wildman–Crippen MR) is 56.8 cm³/mol. The van der Waals surface area contributed by atoms with Crippen molar-refractivity contribution < 1.29 is 4.39 Å². The molecule has 0 bridgehead atoms. The number of likely N-dealkylation sites (tertiary alicyclic amines) is 1. The second-order valence-corrected chi connectivity index (χ2v) is 5.88. The molecule has 1 aliphatic carbocycles. The standard InChI is InChI=1S/C12H20FN/c1-11(2,3)14-8-12(9-14)6-4-10(13)5-7-12/h4H,5-9H2,1-3H3. The van der Waals surface area contributed by atoms with Gasteiger partial charge in [0.15, 0.2) is 0 Å². The number of hydrogen-bond acceptors (Lipinski definition) is 1. The van der Waals surface area contributed by atoms with Crippen molar-refractivity contribution in [2.75, 3.05) is 13.1 Å². The van der Waals surface area contributed by atoms with Crippen LogP contribution in [0.5, 0.6) is 0 Å². The first-order valence-electron chi connectivity index (χ1n) is 5.51. The highest BCUT2D eigenvalue weighted by Crippen LogP contribution is 2.45. The molecule has 1 fully saturated rings. The summed E-state index contributed by atoms with van der Waals surface area (Å²) >= 11 is 0. The third-order valence-corrected chi connectivity index (χ3v) is 3.65. The van der Waals surface area contributed by atoms with Crippen LogP contribution in [0.15, 0.2) is 11.9 Å². The summed E-state index contributed by atoms with van der Waals surface area (Å²) in [6, 6.07) is 0. The summed E-state index contributed by atoms with van der Waals surface area (Å²) in [5, 5.41) is 0. The van der Waals surface area contributed by atoms with Gasteiger partial charge in [-0.3, -0.25) is 4.90 Å². The van der Waals surface area contributed by atoms with Gasteiger partial charge in [-0.2, -0.15) is 0 Å². The van der Waals surface area contributed by atoms with Crippen molar-refractivity contribution >= 4 is 0 Å². The first-order valence-corrected chi connectivity index (χ1v) is 5.51. The fraction of sp³-hybridized carbons (Fsp3) is 0.833.